The van der Waals surface area contributed by atoms with Crippen molar-refractivity contribution in [2.75, 3.05) is 13.2 Å². The molecule has 1 saturated heterocycles. The summed E-state index contributed by atoms with van der Waals surface area (Å²) in [5, 5.41) is 3.52. The van der Waals surface area contributed by atoms with Crippen LogP contribution in [0.1, 0.15) is 17.2 Å². The smallest absolute Gasteiger partial charge is 0.0810 e. The third kappa shape index (κ3) is 1.31. The Morgan fingerprint density at radius 2 is 2.36 bits per heavy atom. The van der Waals surface area contributed by atoms with Gasteiger partial charge >= 0.3 is 0 Å². The number of hydrogen-bond acceptors (Lipinski definition) is 2. The molecule has 1 heterocycles. The highest BCUT2D eigenvalue weighted by molar-refractivity contribution is 9.10. The minimum Gasteiger partial charge on any atom is -0.375 e. The van der Waals surface area contributed by atoms with Crippen molar-refractivity contribution in [3.8, 4) is 0 Å². The van der Waals surface area contributed by atoms with Gasteiger partial charge in [-0.2, -0.15) is 0 Å². The highest BCUT2D eigenvalue weighted by Crippen LogP contribution is 2.36. The maximum absolute atomic E-state index is 5.75. The number of rotatable bonds is 0. The fourth-order valence-electron chi connectivity index (χ4n) is 2.41. The van der Waals surface area contributed by atoms with E-state index in [1.807, 2.05) is 0 Å². The lowest BCUT2D eigenvalue weighted by molar-refractivity contribution is 0.00503. The van der Waals surface area contributed by atoms with E-state index in [0.717, 1.165) is 24.0 Å². The molecular weight excluding hydrogens is 242 g/mol. The van der Waals surface area contributed by atoms with E-state index in [9.17, 15) is 0 Å². The van der Waals surface area contributed by atoms with Crippen LogP contribution in [-0.2, 0) is 11.2 Å². The number of hydrogen-bond donors (Lipinski definition) is 1. The van der Waals surface area contributed by atoms with E-state index in [1.165, 1.54) is 11.1 Å². The van der Waals surface area contributed by atoms with Gasteiger partial charge in [-0.3, -0.25) is 0 Å². The number of morpholine rings is 1. The van der Waals surface area contributed by atoms with Crippen molar-refractivity contribution in [3.63, 3.8) is 0 Å². The van der Waals surface area contributed by atoms with E-state index >= 15 is 0 Å². The SMILES string of the molecule is Brc1ccc2c(c1)C[C@H]1OCCNC21. The minimum atomic E-state index is 0.355. The molecule has 0 saturated carbocycles. The summed E-state index contributed by atoms with van der Waals surface area (Å²) < 4.78 is 6.91. The van der Waals surface area contributed by atoms with E-state index in [2.05, 4.69) is 39.4 Å². The molecule has 1 N–H and O–H groups in total. The van der Waals surface area contributed by atoms with Crippen LogP contribution in [0.2, 0.25) is 0 Å². The Balaban J connectivity index is 2.01. The van der Waals surface area contributed by atoms with Crippen LogP contribution in [0.5, 0.6) is 0 Å². The second-order valence-electron chi connectivity index (χ2n) is 3.89. The third-order valence-electron chi connectivity index (χ3n) is 3.03. The molecule has 1 aromatic rings. The monoisotopic (exact) mass is 253 g/mol. The second kappa shape index (κ2) is 3.33. The molecule has 1 fully saturated rings. The van der Waals surface area contributed by atoms with E-state index in [0.29, 0.717) is 12.1 Å². The molecule has 1 unspecified atom stereocenters. The molecule has 74 valence electrons. The number of benzene rings is 1. The molecule has 1 aliphatic heterocycles. The molecule has 0 bridgehead atoms. The summed E-state index contributed by atoms with van der Waals surface area (Å²) >= 11 is 3.50. The van der Waals surface area contributed by atoms with Crippen molar-refractivity contribution in [3.05, 3.63) is 33.8 Å². The molecule has 14 heavy (non-hydrogen) atoms. The van der Waals surface area contributed by atoms with Gasteiger partial charge in [0.05, 0.1) is 18.8 Å². The summed E-state index contributed by atoms with van der Waals surface area (Å²) in [6.07, 6.45) is 1.40. The highest BCUT2D eigenvalue weighted by atomic mass is 79.9. The van der Waals surface area contributed by atoms with Gasteiger partial charge in [0.25, 0.3) is 0 Å². The molecule has 3 rings (SSSR count). The van der Waals surface area contributed by atoms with Crippen molar-refractivity contribution in [1.82, 2.24) is 5.32 Å². The summed E-state index contributed by atoms with van der Waals surface area (Å²) in [5.41, 5.74) is 2.83. The molecule has 0 amide bonds. The zero-order valence-electron chi connectivity index (χ0n) is 7.79. The predicted octanol–water partition coefficient (Wildman–Crippen LogP) is 2.03. The first-order valence-electron chi connectivity index (χ1n) is 4.98. The summed E-state index contributed by atoms with van der Waals surface area (Å²) in [4.78, 5) is 0. The molecule has 0 radical (unpaired) electrons. The zero-order chi connectivity index (χ0) is 9.54. The van der Waals surface area contributed by atoms with E-state index < -0.39 is 0 Å². The van der Waals surface area contributed by atoms with Crippen LogP contribution in [-0.4, -0.2) is 19.3 Å². The topological polar surface area (TPSA) is 21.3 Å². The molecule has 2 atom stereocenters. The maximum atomic E-state index is 5.75. The number of halogens is 1. The molecule has 1 aromatic carbocycles. The number of nitrogens with one attached hydrogen (secondary N) is 1. The van der Waals surface area contributed by atoms with Crippen LogP contribution in [0.3, 0.4) is 0 Å². The lowest BCUT2D eigenvalue weighted by atomic mass is 10.1. The van der Waals surface area contributed by atoms with E-state index in [4.69, 9.17) is 4.74 Å². The summed E-state index contributed by atoms with van der Waals surface area (Å²) in [5.74, 6) is 0. The first kappa shape index (κ1) is 8.89. The molecule has 0 spiro atoms. The molecule has 2 nitrogen and oxygen atoms in total. The van der Waals surface area contributed by atoms with Crippen LogP contribution in [0.4, 0.5) is 0 Å². The highest BCUT2D eigenvalue weighted by Gasteiger charge is 2.34. The summed E-state index contributed by atoms with van der Waals surface area (Å²) in [6.45, 7) is 1.81. The average molecular weight is 254 g/mol. The standard InChI is InChI=1S/C11H12BrNO/c12-8-1-2-9-7(5-8)6-10-11(9)13-3-4-14-10/h1-2,5,10-11,13H,3-4,6H2/t10-,11?/m1/s1. The van der Waals surface area contributed by atoms with Gasteiger partial charge in [0.1, 0.15) is 0 Å². The van der Waals surface area contributed by atoms with Crippen molar-refractivity contribution < 1.29 is 4.74 Å². The van der Waals surface area contributed by atoms with Gasteiger partial charge in [-0.25, -0.2) is 0 Å². The number of fused-ring (bicyclic) bond motifs is 3. The third-order valence-corrected chi connectivity index (χ3v) is 3.52. The van der Waals surface area contributed by atoms with Gasteiger partial charge in [-0.15, -0.1) is 0 Å². The minimum absolute atomic E-state index is 0.355. The normalized spacial score (nSPS) is 29.8. The van der Waals surface area contributed by atoms with Crippen LogP contribution >= 0.6 is 15.9 Å². The Bertz CT molecular complexity index is 366. The molecule has 1 aliphatic carbocycles. The van der Waals surface area contributed by atoms with Crippen molar-refractivity contribution in [1.29, 1.82) is 0 Å². The van der Waals surface area contributed by atoms with Crippen molar-refractivity contribution in [2.45, 2.75) is 18.6 Å². The predicted molar refractivity (Wildman–Crippen MR) is 58.3 cm³/mol. The van der Waals surface area contributed by atoms with Crippen molar-refractivity contribution >= 4 is 15.9 Å². The quantitative estimate of drug-likeness (QED) is 0.764. The summed E-state index contributed by atoms with van der Waals surface area (Å²) in [7, 11) is 0. The molecule has 2 aliphatic rings. The Hall–Kier alpha value is -0.380. The fourth-order valence-corrected chi connectivity index (χ4v) is 2.82. The van der Waals surface area contributed by atoms with Gasteiger partial charge in [-0.05, 0) is 23.3 Å². The van der Waals surface area contributed by atoms with Gasteiger partial charge in [0.15, 0.2) is 0 Å². The average Bonchev–Trinajstić information content (AvgIpc) is 2.54. The second-order valence-corrected chi connectivity index (χ2v) is 4.80. The van der Waals surface area contributed by atoms with Crippen LogP contribution in [0, 0.1) is 0 Å². The lowest BCUT2D eigenvalue weighted by Gasteiger charge is -2.27. The largest absolute Gasteiger partial charge is 0.375 e. The van der Waals surface area contributed by atoms with Gasteiger partial charge in [-0.1, -0.05) is 22.0 Å². The molecule has 0 aromatic heterocycles. The summed E-state index contributed by atoms with van der Waals surface area (Å²) in [6, 6.07) is 6.94. The fraction of sp³-hybridized carbons (Fsp3) is 0.455. The maximum Gasteiger partial charge on any atom is 0.0810 e. The first-order valence-corrected chi connectivity index (χ1v) is 5.77. The lowest BCUT2D eigenvalue weighted by Crippen LogP contribution is -2.39. The van der Waals surface area contributed by atoms with E-state index in [-0.39, 0.29) is 0 Å². The zero-order valence-corrected chi connectivity index (χ0v) is 9.38. The van der Waals surface area contributed by atoms with Gasteiger partial charge in [0.2, 0.25) is 0 Å². The van der Waals surface area contributed by atoms with Crippen molar-refractivity contribution in [2.24, 2.45) is 0 Å². The Morgan fingerprint density at radius 3 is 3.29 bits per heavy atom. The van der Waals surface area contributed by atoms with Crippen LogP contribution in [0.15, 0.2) is 22.7 Å². The molecule has 3 heteroatoms. The van der Waals surface area contributed by atoms with Crippen LogP contribution < -0.4 is 5.32 Å². The Morgan fingerprint density at radius 1 is 1.43 bits per heavy atom. The first-order chi connectivity index (χ1) is 6.84. The molecular formula is C11H12BrNO. The Labute approximate surface area is 91.8 Å². The van der Waals surface area contributed by atoms with Crippen LogP contribution in [0.25, 0.3) is 0 Å². The van der Waals surface area contributed by atoms with Gasteiger partial charge < -0.3 is 10.1 Å². The Kier molecular flexibility index (Phi) is 2.11. The van der Waals surface area contributed by atoms with E-state index in [1.54, 1.807) is 0 Å². The number of ether oxygens (including phenoxy) is 1. The van der Waals surface area contributed by atoms with Gasteiger partial charge in [0, 0.05) is 17.4 Å².